The average Bonchev–Trinajstić information content (AvgIpc) is 2.06. The van der Waals surface area contributed by atoms with Crippen molar-refractivity contribution in [1.29, 1.82) is 0 Å². The second-order valence-electron chi connectivity index (χ2n) is 1.85. The summed E-state index contributed by atoms with van der Waals surface area (Å²) < 4.78 is 4.85. The highest BCUT2D eigenvalue weighted by molar-refractivity contribution is 5.90. The van der Waals surface area contributed by atoms with Gasteiger partial charge in [-0.25, -0.2) is 0 Å². The van der Waals surface area contributed by atoms with Crippen LogP contribution in [-0.2, 0) is 9.53 Å². The average molecular weight is 140 g/mol. The lowest BCUT2D eigenvalue weighted by Crippen LogP contribution is -2.48. The van der Waals surface area contributed by atoms with Gasteiger partial charge in [0, 0.05) is 19.5 Å². The third kappa shape index (κ3) is 1.06. The molecule has 10 heavy (non-hydrogen) atoms. The van der Waals surface area contributed by atoms with Crippen molar-refractivity contribution < 1.29 is 9.53 Å². The van der Waals surface area contributed by atoms with Crippen LogP contribution in [0.25, 0.3) is 0 Å². The third-order valence-electron chi connectivity index (χ3n) is 1.25. The first kappa shape index (κ1) is 6.95. The van der Waals surface area contributed by atoms with Gasteiger partial charge in [0.2, 0.25) is 5.72 Å². The maximum Gasteiger partial charge on any atom is 0.232 e. The van der Waals surface area contributed by atoms with Crippen molar-refractivity contribution in [3.63, 3.8) is 0 Å². The lowest BCUT2D eigenvalue weighted by atomic mass is 10.2. The lowest BCUT2D eigenvalue weighted by molar-refractivity contribution is -0.122. The number of nitrogens with one attached hydrogen (secondary N) is 1. The molecule has 54 valence electrons. The van der Waals surface area contributed by atoms with Crippen molar-refractivity contribution in [1.82, 2.24) is 5.32 Å². The van der Waals surface area contributed by atoms with Gasteiger partial charge >= 0.3 is 0 Å². The molecule has 1 atom stereocenters. The molecule has 0 aliphatic carbocycles. The van der Waals surface area contributed by atoms with Crippen molar-refractivity contribution in [2.45, 2.75) is 5.72 Å². The van der Waals surface area contributed by atoms with Gasteiger partial charge in [0.15, 0.2) is 6.29 Å². The van der Waals surface area contributed by atoms with Crippen LogP contribution in [0.5, 0.6) is 0 Å². The van der Waals surface area contributed by atoms with Gasteiger partial charge in [-0.1, -0.05) is 0 Å². The number of hydrogen-bond donors (Lipinski definition) is 1. The highest BCUT2D eigenvalue weighted by Crippen LogP contribution is 2.01. The Hall–Kier alpha value is -1.16. The Kier molecular flexibility index (Phi) is 1.82. The normalized spacial score (nSPS) is 29.7. The van der Waals surface area contributed by atoms with Crippen molar-refractivity contribution in [3.8, 4) is 0 Å². The number of carbonyl (C=O) groups excluding carboxylic acids is 1. The number of aldehydes is 1. The maximum atomic E-state index is 10.4. The van der Waals surface area contributed by atoms with E-state index in [0.29, 0.717) is 6.29 Å². The van der Waals surface area contributed by atoms with Crippen LogP contribution in [0.4, 0.5) is 0 Å². The third-order valence-corrected chi connectivity index (χ3v) is 1.25. The van der Waals surface area contributed by atoms with Crippen LogP contribution >= 0.6 is 0 Å². The molecule has 1 heterocycles. The predicted molar refractivity (Wildman–Crippen MR) is 36.6 cm³/mol. The van der Waals surface area contributed by atoms with E-state index in [2.05, 4.69) is 10.3 Å². The Labute approximate surface area is 58.6 Å². The molecule has 0 saturated heterocycles. The molecular formula is C6H8N2O2. The van der Waals surface area contributed by atoms with Gasteiger partial charge in [-0.2, -0.15) is 0 Å². The largest absolute Gasteiger partial charge is 0.352 e. The van der Waals surface area contributed by atoms with E-state index in [-0.39, 0.29) is 0 Å². The maximum absolute atomic E-state index is 10.4. The molecule has 1 N–H and O–H groups in total. The second kappa shape index (κ2) is 2.62. The summed E-state index contributed by atoms with van der Waals surface area (Å²) in [5, 5.41) is 2.71. The second-order valence-corrected chi connectivity index (χ2v) is 1.85. The molecule has 0 aromatic rings. The minimum absolute atomic E-state index is 0.653. The van der Waals surface area contributed by atoms with Crippen molar-refractivity contribution in [3.05, 3.63) is 12.4 Å². The van der Waals surface area contributed by atoms with E-state index >= 15 is 0 Å². The minimum Gasteiger partial charge on any atom is -0.352 e. The summed E-state index contributed by atoms with van der Waals surface area (Å²) in [6.07, 6.45) is 5.15. The molecule has 0 bridgehead atoms. The van der Waals surface area contributed by atoms with E-state index in [9.17, 15) is 4.79 Å². The van der Waals surface area contributed by atoms with Crippen LogP contribution in [0.3, 0.4) is 0 Å². The summed E-state index contributed by atoms with van der Waals surface area (Å²) in [6, 6.07) is 0. The number of carbonyl (C=O) groups is 1. The van der Waals surface area contributed by atoms with Gasteiger partial charge in [-0.3, -0.25) is 9.79 Å². The Balaban J connectivity index is 2.75. The van der Waals surface area contributed by atoms with Crippen LogP contribution in [0, 0.1) is 0 Å². The first-order valence-corrected chi connectivity index (χ1v) is 2.81. The quantitative estimate of drug-likeness (QED) is 0.534. The minimum atomic E-state index is -1.05. The zero-order valence-electron chi connectivity index (χ0n) is 5.57. The van der Waals surface area contributed by atoms with Gasteiger partial charge < -0.3 is 10.1 Å². The zero-order chi connectivity index (χ0) is 7.45. The molecule has 4 heteroatoms. The molecule has 0 radical (unpaired) electrons. The van der Waals surface area contributed by atoms with Crippen LogP contribution < -0.4 is 5.32 Å². The van der Waals surface area contributed by atoms with Gasteiger partial charge in [0.25, 0.3) is 0 Å². The molecule has 0 amide bonds. The predicted octanol–water partition coefficient (Wildman–Crippen LogP) is -0.327. The summed E-state index contributed by atoms with van der Waals surface area (Å²) in [4.78, 5) is 14.1. The topological polar surface area (TPSA) is 50.7 Å². The summed E-state index contributed by atoms with van der Waals surface area (Å²) in [7, 11) is 1.44. The van der Waals surface area contributed by atoms with Crippen LogP contribution in [0.1, 0.15) is 0 Å². The van der Waals surface area contributed by atoms with Gasteiger partial charge in [0.05, 0.1) is 6.21 Å². The molecule has 1 unspecified atom stereocenters. The molecule has 1 aliphatic rings. The van der Waals surface area contributed by atoms with Crippen molar-refractivity contribution in [2.75, 3.05) is 7.11 Å². The number of methoxy groups -OCH3 is 1. The number of hydrogen-bond acceptors (Lipinski definition) is 4. The fourth-order valence-electron chi connectivity index (χ4n) is 0.626. The molecular weight excluding hydrogens is 132 g/mol. The van der Waals surface area contributed by atoms with Gasteiger partial charge in [-0.05, 0) is 0 Å². The number of rotatable bonds is 2. The SMILES string of the molecule is COC1(C=O)C=NC=CN1. The highest BCUT2D eigenvalue weighted by atomic mass is 16.5. The van der Waals surface area contributed by atoms with Gasteiger partial charge in [0.1, 0.15) is 0 Å². The molecule has 4 nitrogen and oxygen atoms in total. The molecule has 1 rings (SSSR count). The van der Waals surface area contributed by atoms with Crippen molar-refractivity contribution >= 4 is 12.5 Å². The van der Waals surface area contributed by atoms with Crippen LogP contribution in [-0.4, -0.2) is 25.3 Å². The summed E-state index contributed by atoms with van der Waals surface area (Å²) in [5.41, 5.74) is -1.05. The molecule has 0 aromatic carbocycles. The molecule has 0 fully saturated rings. The molecule has 0 aromatic heterocycles. The standard InChI is InChI=1S/C6H8N2O2/c1-10-6(5-9)4-7-2-3-8-6/h2-5,8H,1H3. The molecule has 1 aliphatic heterocycles. The van der Waals surface area contributed by atoms with Crippen LogP contribution in [0.2, 0.25) is 0 Å². The Morgan fingerprint density at radius 2 is 2.60 bits per heavy atom. The van der Waals surface area contributed by atoms with E-state index in [1.165, 1.54) is 13.3 Å². The smallest absolute Gasteiger partial charge is 0.232 e. The van der Waals surface area contributed by atoms with E-state index in [1.54, 1.807) is 12.4 Å². The van der Waals surface area contributed by atoms with Crippen LogP contribution in [0.15, 0.2) is 17.4 Å². The first-order valence-electron chi connectivity index (χ1n) is 2.81. The van der Waals surface area contributed by atoms with Crippen molar-refractivity contribution in [2.24, 2.45) is 4.99 Å². The monoisotopic (exact) mass is 140 g/mol. The number of aliphatic imine (C=N–C) groups is 1. The number of ether oxygens (including phenoxy) is 1. The number of nitrogens with zero attached hydrogens (tertiary/aromatic N) is 1. The zero-order valence-corrected chi connectivity index (χ0v) is 5.57. The summed E-state index contributed by atoms with van der Waals surface area (Å²) in [5.74, 6) is 0. The van der Waals surface area contributed by atoms with E-state index < -0.39 is 5.72 Å². The van der Waals surface area contributed by atoms with E-state index in [0.717, 1.165) is 0 Å². The molecule has 0 saturated carbocycles. The first-order chi connectivity index (χ1) is 4.83. The Bertz CT molecular complexity index is 188. The summed E-state index contributed by atoms with van der Waals surface area (Å²) in [6.45, 7) is 0. The summed E-state index contributed by atoms with van der Waals surface area (Å²) >= 11 is 0. The fourth-order valence-corrected chi connectivity index (χ4v) is 0.626. The highest BCUT2D eigenvalue weighted by Gasteiger charge is 2.26. The lowest BCUT2D eigenvalue weighted by Gasteiger charge is -2.23. The molecule has 0 spiro atoms. The van der Waals surface area contributed by atoms with E-state index in [4.69, 9.17) is 4.74 Å². The Morgan fingerprint density at radius 1 is 1.80 bits per heavy atom. The van der Waals surface area contributed by atoms with Gasteiger partial charge in [-0.15, -0.1) is 0 Å². The fraction of sp³-hybridized carbons (Fsp3) is 0.333. The van der Waals surface area contributed by atoms with E-state index in [1.807, 2.05) is 0 Å². The Morgan fingerprint density at radius 3 is 2.90 bits per heavy atom.